The Bertz CT molecular complexity index is 823. The minimum atomic E-state index is -1.45. The van der Waals surface area contributed by atoms with Gasteiger partial charge in [-0.3, -0.25) is 19.6 Å². The van der Waals surface area contributed by atoms with Crippen LogP contribution < -0.4 is 10.8 Å². The SMILES string of the molecule is O=C(NOCC1CC1)C1(Nc2ccc(Br)cc2F)C=NC=C2C=NCN21. The first kappa shape index (κ1) is 17.2. The molecule has 0 bridgehead atoms. The number of hydrogen-bond acceptors (Lipinski definition) is 6. The molecule has 2 heterocycles. The number of halogens is 2. The van der Waals surface area contributed by atoms with Gasteiger partial charge in [0.05, 0.1) is 30.4 Å². The maximum atomic E-state index is 14.4. The molecule has 7 nitrogen and oxygen atoms in total. The van der Waals surface area contributed by atoms with Crippen LogP contribution in [-0.4, -0.2) is 42.2 Å². The van der Waals surface area contributed by atoms with Gasteiger partial charge in [0, 0.05) is 10.7 Å². The monoisotopic (exact) mass is 421 g/mol. The second-order valence-electron chi connectivity index (χ2n) is 6.41. The maximum absolute atomic E-state index is 14.4. The average molecular weight is 422 g/mol. The van der Waals surface area contributed by atoms with Crippen LogP contribution in [-0.2, 0) is 9.63 Å². The van der Waals surface area contributed by atoms with Crippen LogP contribution in [0.3, 0.4) is 0 Å². The minimum Gasteiger partial charge on any atom is -0.348 e. The normalized spacial score (nSPS) is 23.6. The molecule has 1 fully saturated rings. The van der Waals surface area contributed by atoms with Crippen molar-refractivity contribution < 1.29 is 14.0 Å². The zero-order valence-corrected chi connectivity index (χ0v) is 15.4. The summed E-state index contributed by atoms with van der Waals surface area (Å²) in [6.45, 7) is 0.712. The smallest absolute Gasteiger partial charge is 0.296 e. The molecule has 1 atom stereocenters. The van der Waals surface area contributed by atoms with Gasteiger partial charge in [-0.2, -0.15) is 0 Å². The fraction of sp³-hybridized carbons (Fsp3) is 0.353. The van der Waals surface area contributed by atoms with Crippen molar-refractivity contribution in [1.29, 1.82) is 0 Å². The number of carbonyl (C=O) groups excluding carboxylic acids is 1. The summed E-state index contributed by atoms with van der Waals surface area (Å²) in [7, 11) is 0. The molecule has 0 aromatic heterocycles. The third kappa shape index (κ3) is 3.24. The summed E-state index contributed by atoms with van der Waals surface area (Å²) in [4.78, 5) is 28.4. The molecular formula is C17H17BrFN5O2. The van der Waals surface area contributed by atoms with Crippen LogP contribution in [0.5, 0.6) is 0 Å². The first-order valence-electron chi connectivity index (χ1n) is 8.26. The second kappa shape index (κ2) is 6.81. The van der Waals surface area contributed by atoms with Gasteiger partial charge in [0.15, 0.2) is 0 Å². The van der Waals surface area contributed by atoms with E-state index in [9.17, 15) is 9.18 Å². The molecule has 3 aliphatic rings. The zero-order chi connectivity index (χ0) is 18.1. The molecule has 1 aromatic rings. The molecule has 4 rings (SSSR count). The summed E-state index contributed by atoms with van der Waals surface area (Å²) in [6, 6.07) is 4.58. The van der Waals surface area contributed by atoms with Gasteiger partial charge in [-0.15, -0.1) is 0 Å². The summed E-state index contributed by atoms with van der Waals surface area (Å²) in [5.74, 6) is -0.482. The number of hydrogen-bond donors (Lipinski definition) is 2. The molecule has 26 heavy (non-hydrogen) atoms. The Kier molecular flexibility index (Phi) is 4.49. The van der Waals surface area contributed by atoms with Crippen molar-refractivity contribution in [3.63, 3.8) is 0 Å². The molecule has 1 unspecified atom stereocenters. The lowest BCUT2D eigenvalue weighted by Gasteiger charge is -2.40. The lowest BCUT2D eigenvalue weighted by molar-refractivity contribution is -0.140. The van der Waals surface area contributed by atoms with Crippen molar-refractivity contribution in [1.82, 2.24) is 10.4 Å². The van der Waals surface area contributed by atoms with Crippen molar-refractivity contribution >= 4 is 40.0 Å². The molecule has 1 saturated carbocycles. The number of fused-ring (bicyclic) bond motifs is 1. The zero-order valence-electron chi connectivity index (χ0n) is 13.8. The van der Waals surface area contributed by atoms with Crippen LogP contribution in [0.1, 0.15) is 12.8 Å². The summed E-state index contributed by atoms with van der Waals surface area (Å²) >= 11 is 3.23. The third-order valence-corrected chi connectivity index (χ3v) is 4.93. The van der Waals surface area contributed by atoms with Crippen molar-refractivity contribution in [3.05, 3.63) is 40.4 Å². The van der Waals surface area contributed by atoms with Crippen LogP contribution in [0.2, 0.25) is 0 Å². The number of benzene rings is 1. The van der Waals surface area contributed by atoms with Gasteiger partial charge in [-0.25, -0.2) is 9.87 Å². The number of rotatable bonds is 6. The fourth-order valence-corrected chi connectivity index (χ4v) is 3.13. The highest BCUT2D eigenvalue weighted by atomic mass is 79.9. The number of anilines is 1. The van der Waals surface area contributed by atoms with E-state index in [0.29, 0.717) is 22.7 Å². The quantitative estimate of drug-likeness (QED) is 0.691. The van der Waals surface area contributed by atoms with Gasteiger partial charge < -0.3 is 10.2 Å². The predicted octanol–water partition coefficient (Wildman–Crippen LogP) is 2.42. The Balaban J connectivity index is 1.61. The topological polar surface area (TPSA) is 78.3 Å². The highest BCUT2D eigenvalue weighted by molar-refractivity contribution is 9.10. The Morgan fingerprint density at radius 3 is 3.08 bits per heavy atom. The first-order chi connectivity index (χ1) is 12.6. The van der Waals surface area contributed by atoms with Gasteiger partial charge in [-0.1, -0.05) is 15.9 Å². The molecule has 1 amide bonds. The van der Waals surface area contributed by atoms with E-state index in [1.54, 1.807) is 29.4 Å². The van der Waals surface area contributed by atoms with Gasteiger partial charge >= 0.3 is 0 Å². The van der Waals surface area contributed by atoms with Gasteiger partial charge in [-0.05, 0) is 37.0 Å². The molecule has 9 heteroatoms. The lowest BCUT2D eigenvalue weighted by Crippen LogP contribution is -2.64. The van der Waals surface area contributed by atoms with Crippen LogP contribution in [0.25, 0.3) is 0 Å². The van der Waals surface area contributed by atoms with E-state index in [4.69, 9.17) is 4.84 Å². The highest BCUT2D eigenvalue weighted by Gasteiger charge is 2.47. The second-order valence-corrected chi connectivity index (χ2v) is 7.33. The van der Waals surface area contributed by atoms with Crippen LogP contribution >= 0.6 is 15.9 Å². The van der Waals surface area contributed by atoms with E-state index in [0.717, 1.165) is 12.8 Å². The molecule has 0 radical (unpaired) electrons. The minimum absolute atomic E-state index is 0.171. The lowest BCUT2D eigenvalue weighted by atomic mass is 10.1. The number of amides is 1. The van der Waals surface area contributed by atoms with Crippen LogP contribution in [0, 0.1) is 11.7 Å². The Morgan fingerprint density at radius 2 is 2.31 bits per heavy atom. The number of hydroxylamine groups is 1. The van der Waals surface area contributed by atoms with E-state index in [2.05, 4.69) is 36.7 Å². The van der Waals surface area contributed by atoms with Crippen molar-refractivity contribution in [2.75, 3.05) is 18.6 Å². The van der Waals surface area contributed by atoms with Crippen LogP contribution in [0.15, 0.2) is 44.6 Å². The summed E-state index contributed by atoms with van der Waals surface area (Å²) in [6.07, 6.45) is 6.88. The number of nitrogens with one attached hydrogen (secondary N) is 2. The Morgan fingerprint density at radius 1 is 1.46 bits per heavy atom. The van der Waals surface area contributed by atoms with Crippen LogP contribution in [0.4, 0.5) is 10.1 Å². The van der Waals surface area contributed by atoms with Crippen molar-refractivity contribution in [2.45, 2.75) is 18.5 Å². The van der Waals surface area contributed by atoms with Gasteiger partial charge in [0.25, 0.3) is 5.91 Å². The molecule has 0 spiro atoms. The number of carbonyl (C=O) groups is 1. The van der Waals surface area contributed by atoms with Gasteiger partial charge in [0.2, 0.25) is 5.66 Å². The summed E-state index contributed by atoms with van der Waals surface area (Å²) in [5.41, 5.74) is 1.87. The maximum Gasteiger partial charge on any atom is 0.296 e. The molecule has 2 aliphatic heterocycles. The third-order valence-electron chi connectivity index (χ3n) is 4.44. The summed E-state index contributed by atoms with van der Waals surface area (Å²) < 4.78 is 15.0. The summed E-state index contributed by atoms with van der Waals surface area (Å²) in [5, 5.41) is 2.98. The van der Waals surface area contributed by atoms with E-state index >= 15 is 0 Å². The highest BCUT2D eigenvalue weighted by Crippen LogP contribution is 2.31. The van der Waals surface area contributed by atoms with E-state index in [1.165, 1.54) is 12.3 Å². The molecule has 136 valence electrons. The molecule has 0 saturated heterocycles. The molecule has 2 N–H and O–H groups in total. The van der Waals surface area contributed by atoms with E-state index in [-0.39, 0.29) is 12.4 Å². The fourth-order valence-electron chi connectivity index (χ4n) is 2.80. The predicted molar refractivity (Wildman–Crippen MR) is 99.0 cm³/mol. The number of allylic oxidation sites excluding steroid dienone is 1. The molecule has 1 aromatic carbocycles. The molecular weight excluding hydrogens is 405 g/mol. The first-order valence-corrected chi connectivity index (χ1v) is 9.05. The van der Waals surface area contributed by atoms with Gasteiger partial charge in [0.1, 0.15) is 12.5 Å². The van der Waals surface area contributed by atoms with E-state index < -0.39 is 17.4 Å². The van der Waals surface area contributed by atoms with Crippen molar-refractivity contribution in [2.24, 2.45) is 15.9 Å². The Labute approximate surface area is 158 Å². The largest absolute Gasteiger partial charge is 0.348 e. The standard InChI is InChI=1S/C17H17BrFN5O2/c18-12-3-4-15(14(19)5-12)22-17(16(25)23-26-8-11-1-2-11)9-20-6-13-7-21-10-24(13)17/h3-7,9,11,22H,1-2,8,10H2,(H,23,25). The van der Waals surface area contributed by atoms with Crippen molar-refractivity contribution in [3.8, 4) is 0 Å². The molecule has 1 aliphatic carbocycles. The Hall–Kier alpha value is -2.26. The number of nitrogens with zero attached hydrogens (tertiary/aromatic N) is 3. The number of aliphatic imine (C=N–C) groups is 2. The average Bonchev–Trinajstić information content (AvgIpc) is 3.31. The van der Waals surface area contributed by atoms with E-state index in [1.807, 2.05) is 0 Å².